The Morgan fingerprint density at radius 2 is 2.14 bits per heavy atom. The van der Waals surface area contributed by atoms with Crippen molar-refractivity contribution in [2.75, 3.05) is 13.6 Å². The van der Waals surface area contributed by atoms with Gasteiger partial charge in [0, 0.05) is 12.7 Å². The molecule has 0 bridgehead atoms. The molecule has 0 spiro atoms. The molecule has 0 fully saturated rings. The Bertz CT molecular complexity index is 648. The van der Waals surface area contributed by atoms with E-state index in [0.717, 1.165) is 10.9 Å². The maximum atomic E-state index is 11.8. The molecule has 7 heteroatoms. The Morgan fingerprint density at radius 1 is 1.43 bits per heavy atom. The van der Waals surface area contributed by atoms with Crippen LogP contribution in [0.2, 0.25) is 5.15 Å². The highest BCUT2D eigenvalue weighted by Gasteiger charge is 2.18. The molecule has 0 atom stereocenters. The summed E-state index contributed by atoms with van der Waals surface area (Å²) >= 11 is 6.10. The van der Waals surface area contributed by atoms with E-state index in [1.165, 1.54) is 6.33 Å². The van der Waals surface area contributed by atoms with Crippen LogP contribution < -0.4 is 0 Å². The normalized spacial score (nSPS) is 12.1. The van der Waals surface area contributed by atoms with Gasteiger partial charge in [0.2, 0.25) is 0 Å². The first-order valence-electron chi connectivity index (χ1n) is 6.63. The van der Waals surface area contributed by atoms with E-state index in [0.29, 0.717) is 17.3 Å². The molecular formula is C14H19ClN4O2. The number of likely N-dealkylation sites (N-methyl/N-ethyl adjacent to an activating group) is 1. The monoisotopic (exact) mass is 310 g/mol. The summed E-state index contributed by atoms with van der Waals surface area (Å²) in [5.74, 6) is -0.257. The van der Waals surface area contributed by atoms with Crippen LogP contribution >= 0.6 is 11.6 Å². The van der Waals surface area contributed by atoms with Crippen LogP contribution in [0.5, 0.6) is 0 Å². The van der Waals surface area contributed by atoms with Crippen LogP contribution in [0, 0.1) is 0 Å². The summed E-state index contributed by atoms with van der Waals surface area (Å²) in [6.45, 7) is 6.30. The van der Waals surface area contributed by atoms with Gasteiger partial charge in [-0.25, -0.2) is 9.97 Å². The van der Waals surface area contributed by atoms with Crippen molar-refractivity contribution in [2.24, 2.45) is 0 Å². The molecule has 114 valence electrons. The molecule has 2 aromatic rings. The fourth-order valence-corrected chi connectivity index (χ4v) is 2.31. The zero-order valence-corrected chi connectivity index (χ0v) is 13.4. The summed E-state index contributed by atoms with van der Waals surface area (Å²) in [5.41, 5.74) is 1.16. The summed E-state index contributed by atoms with van der Waals surface area (Å²) in [5, 5.41) is 1.19. The van der Waals surface area contributed by atoms with Crippen molar-refractivity contribution in [3.05, 3.63) is 23.2 Å². The minimum absolute atomic E-state index is 0.204. The molecule has 1 N–H and O–H groups in total. The SMILES string of the molecule is CN(CC(=O)OC(C)(C)C)Cc1c[nH]c2ncnc(Cl)c12. The summed E-state index contributed by atoms with van der Waals surface area (Å²) in [4.78, 5) is 24.8. The number of rotatable bonds is 4. The van der Waals surface area contributed by atoms with Gasteiger partial charge in [-0.2, -0.15) is 0 Å². The highest BCUT2D eigenvalue weighted by molar-refractivity contribution is 6.34. The topological polar surface area (TPSA) is 71.1 Å². The van der Waals surface area contributed by atoms with Crippen molar-refractivity contribution in [3.63, 3.8) is 0 Å². The highest BCUT2D eigenvalue weighted by Crippen LogP contribution is 2.23. The highest BCUT2D eigenvalue weighted by atomic mass is 35.5. The molecular weight excluding hydrogens is 292 g/mol. The average Bonchev–Trinajstić information content (AvgIpc) is 2.70. The second kappa shape index (κ2) is 5.99. The summed E-state index contributed by atoms with van der Waals surface area (Å²) in [7, 11) is 1.85. The Morgan fingerprint density at radius 3 is 2.81 bits per heavy atom. The van der Waals surface area contributed by atoms with E-state index in [-0.39, 0.29) is 12.5 Å². The molecule has 2 rings (SSSR count). The van der Waals surface area contributed by atoms with Crippen LogP contribution in [0.3, 0.4) is 0 Å². The van der Waals surface area contributed by atoms with Gasteiger partial charge >= 0.3 is 5.97 Å². The van der Waals surface area contributed by atoms with Gasteiger partial charge < -0.3 is 9.72 Å². The zero-order valence-electron chi connectivity index (χ0n) is 12.6. The number of carbonyl (C=O) groups is 1. The van der Waals surface area contributed by atoms with Gasteiger partial charge in [-0.05, 0) is 33.4 Å². The van der Waals surface area contributed by atoms with E-state index in [1.807, 2.05) is 38.9 Å². The van der Waals surface area contributed by atoms with E-state index in [2.05, 4.69) is 15.0 Å². The number of aromatic nitrogens is 3. The van der Waals surface area contributed by atoms with Gasteiger partial charge in [0.1, 0.15) is 22.7 Å². The summed E-state index contributed by atoms with van der Waals surface area (Å²) < 4.78 is 5.30. The fourth-order valence-electron chi connectivity index (χ4n) is 2.05. The molecule has 0 amide bonds. The third-order valence-electron chi connectivity index (χ3n) is 2.76. The summed E-state index contributed by atoms with van der Waals surface area (Å²) in [6.07, 6.45) is 3.24. The Hall–Kier alpha value is -1.66. The lowest BCUT2D eigenvalue weighted by molar-refractivity contribution is -0.155. The Balaban J connectivity index is 2.05. The number of esters is 1. The third kappa shape index (κ3) is 4.15. The van der Waals surface area contributed by atoms with E-state index in [1.54, 1.807) is 0 Å². The lowest BCUT2D eigenvalue weighted by Gasteiger charge is -2.22. The second-order valence-corrected chi connectivity index (χ2v) is 6.32. The molecule has 2 heterocycles. The summed E-state index contributed by atoms with van der Waals surface area (Å²) in [6, 6.07) is 0. The molecule has 0 aromatic carbocycles. The fraction of sp³-hybridized carbons (Fsp3) is 0.500. The minimum atomic E-state index is -0.476. The van der Waals surface area contributed by atoms with Crippen LogP contribution in [-0.4, -0.2) is 45.0 Å². The van der Waals surface area contributed by atoms with Gasteiger partial charge in [-0.3, -0.25) is 9.69 Å². The smallest absolute Gasteiger partial charge is 0.320 e. The number of H-pyrrole nitrogens is 1. The van der Waals surface area contributed by atoms with Crippen LogP contribution in [0.25, 0.3) is 11.0 Å². The van der Waals surface area contributed by atoms with Crippen molar-refractivity contribution in [1.82, 2.24) is 19.9 Å². The number of fused-ring (bicyclic) bond motifs is 1. The predicted octanol–water partition coefficient (Wildman–Crippen LogP) is 2.38. The van der Waals surface area contributed by atoms with Crippen molar-refractivity contribution in [2.45, 2.75) is 32.9 Å². The van der Waals surface area contributed by atoms with Crippen molar-refractivity contribution < 1.29 is 9.53 Å². The minimum Gasteiger partial charge on any atom is -0.459 e. The average molecular weight is 311 g/mol. The van der Waals surface area contributed by atoms with E-state index in [9.17, 15) is 4.79 Å². The van der Waals surface area contributed by atoms with E-state index in [4.69, 9.17) is 16.3 Å². The van der Waals surface area contributed by atoms with Crippen molar-refractivity contribution >= 4 is 28.6 Å². The number of hydrogen-bond acceptors (Lipinski definition) is 5. The van der Waals surface area contributed by atoms with Crippen molar-refractivity contribution in [1.29, 1.82) is 0 Å². The lowest BCUT2D eigenvalue weighted by Crippen LogP contribution is -2.32. The molecule has 0 saturated heterocycles. The first-order valence-corrected chi connectivity index (χ1v) is 7.01. The Kier molecular flexibility index (Phi) is 4.49. The predicted molar refractivity (Wildman–Crippen MR) is 81.1 cm³/mol. The van der Waals surface area contributed by atoms with Gasteiger partial charge in [0.25, 0.3) is 0 Å². The molecule has 0 aliphatic heterocycles. The molecule has 0 unspecified atom stereocenters. The number of nitrogens with one attached hydrogen (secondary N) is 1. The second-order valence-electron chi connectivity index (χ2n) is 5.96. The van der Waals surface area contributed by atoms with Gasteiger partial charge in [-0.1, -0.05) is 11.6 Å². The number of ether oxygens (including phenoxy) is 1. The standard InChI is InChI=1S/C14H19ClN4O2/c1-14(2,3)21-10(20)7-19(4)6-9-5-16-13-11(9)12(15)17-8-18-13/h5,8H,6-7H2,1-4H3,(H,16,17,18). The molecule has 0 saturated carbocycles. The van der Waals surface area contributed by atoms with Crippen LogP contribution in [-0.2, 0) is 16.1 Å². The lowest BCUT2D eigenvalue weighted by atomic mass is 10.2. The Labute approximate surface area is 128 Å². The molecule has 6 nitrogen and oxygen atoms in total. The van der Waals surface area contributed by atoms with E-state index >= 15 is 0 Å². The van der Waals surface area contributed by atoms with Gasteiger partial charge in [0.05, 0.1) is 11.9 Å². The van der Waals surface area contributed by atoms with Crippen LogP contribution in [0.1, 0.15) is 26.3 Å². The van der Waals surface area contributed by atoms with Crippen LogP contribution in [0.15, 0.2) is 12.5 Å². The molecule has 21 heavy (non-hydrogen) atoms. The zero-order chi connectivity index (χ0) is 15.6. The van der Waals surface area contributed by atoms with Crippen LogP contribution in [0.4, 0.5) is 0 Å². The van der Waals surface area contributed by atoms with Gasteiger partial charge in [-0.15, -0.1) is 0 Å². The number of nitrogens with zero attached hydrogens (tertiary/aromatic N) is 3. The quantitative estimate of drug-likeness (QED) is 0.693. The van der Waals surface area contributed by atoms with E-state index < -0.39 is 5.60 Å². The third-order valence-corrected chi connectivity index (χ3v) is 3.05. The number of hydrogen-bond donors (Lipinski definition) is 1. The maximum Gasteiger partial charge on any atom is 0.320 e. The first-order chi connectivity index (χ1) is 9.76. The number of halogens is 1. The van der Waals surface area contributed by atoms with Crippen molar-refractivity contribution in [3.8, 4) is 0 Å². The molecule has 0 aliphatic rings. The largest absolute Gasteiger partial charge is 0.459 e. The molecule has 0 aliphatic carbocycles. The molecule has 2 aromatic heterocycles. The maximum absolute atomic E-state index is 11.8. The molecule has 0 radical (unpaired) electrons. The first kappa shape index (κ1) is 15.7. The number of aromatic amines is 1. The van der Waals surface area contributed by atoms with Gasteiger partial charge in [0.15, 0.2) is 0 Å². The number of carbonyl (C=O) groups excluding carboxylic acids is 1.